The Hall–Kier alpha value is -2.11. The van der Waals surface area contributed by atoms with E-state index in [0.29, 0.717) is 19.3 Å². The number of allylic oxidation sites excluding steroid dienone is 4. The third-order valence-electron chi connectivity index (χ3n) is 15.7. The van der Waals surface area contributed by atoms with Gasteiger partial charge in [0.25, 0.3) is 0 Å². The van der Waals surface area contributed by atoms with Crippen molar-refractivity contribution >= 4 is 17.9 Å². The van der Waals surface area contributed by atoms with Gasteiger partial charge in [-0.05, 0) is 64.2 Å². The molecule has 0 aliphatic rings. The molecule has 0 aliphatic carbocycles. The molecule has 6 heteroatoms. The van der Waals surface area contributed by atoms with Crippen molar-refractivity contribution in [2.75, 3.05) is 13.2 Å². The minimum atomic E-state index is -0.772. The molecule has 0 saturated carbocycles. The van der Waals surface area contributed by atoms with Crippen LogP contribution in [0, 0.1) is 0 Å². The molecule has 0 heterocycles. The highest BCUT2D eigenvalue weighted by molar-refractivity contribution is 5.71. The van der Waals surface area contributed by atoms with Crippen molar-refractivity contribution in [3.8, 4) is 0 Å². The lowest BCUT2D eigenvalue weighted by molar-refractivity contribution is -0.167. The van der Waals surface area contributed by atoms with Crippen molar-refractivity contribution in [2.24, 2.45) is 0 Å². The van der Waals surface area contributed by atoms with Gasteiger partial charge in [0, 0.05) is 19.3 Å². The minimum absolute atomic E-state index is 0.0689. The predicted octanol–water partition coefficient (Wildman–Crippen LogP) is 23.4. The molecule has 0 N–H and O–H groups in total. The van der Waals surface area contributed by atoms with E-state index in [1.54, 1.807) is 0 Å². The summed E-state index contributed by atoms with van der Waals surface area (Å²) in [5.41, 5.74) is 0. The molecule has 76 heavy (non-hydrogen) atoms. The first kappa shape index (κ1) is 73.9. The minimum Gasteiger partial charge on any atom is -0.462 e. The SMILES string of the molecule is CCCC/C=C\CCCCCCCC(=O)OCC(COC(=O)CCCCCCCCCCCCCCCCCCCCCCCCCC)OC(=O)CCCCCCCCCCCCC/C=C\CCCCCCCCCC. The van der Waals surface area contributed by atoms with Gasteiger partial charge in [-0.3, -0.25) is 14.4 Å². The largest absolute Gasteiger partial charge is 0.462 e. The second-order valence-corrected chi connectivity index (χ2v) is 23.4. The van der Waals surface area contributed by atoms with Gasteiger partial charge in [-0.2, -0.15) is 0 Å². The summed E-state index contributed by atoms with van der Waals surface area (Å²) in [4.78, 5) is 38.3. The molecule has 0 spiro atoms. The summed E-state index contributed by atoms with van der Waals surface area (Å²) in [6, 6.07) is 0. The molecule has 1 atom stereocenters. The zero-order chi connectivity index (χ0) is 55.0. The van der Waals surface area contributed by atoms with Crippen molar-refractivity contribution in [3.05, 3.63) is 24.3 Å². The van der Waals surface area contributed by atoms with Gasteiger partial charge >= 0.3 is 17.9 Å². The van der Waals surface area contributed by atoms with Crippen molar-refractivity contribution < 1.29 is 28.6 Å². The number of carbonyl (C=O) groups excluding carboxylic acids is 3. The van der Waals surface area contributed by atoms with Crippen molar-refractivity contribution in [3.63, 3.8) is 0 Å². The fraction of sp³-hybridized carbons (Fsp3) is 0.900. The summed E-state index contributed by atoms with van der Waals surface area (Å²) >= 11 is 0. The lowest BCUT2D eigenvalue weighted by Gasteiger charge is -2.18. The van der Waals surface area contributed by atoms with Gasteiger partial charge in [-0.1, -0.05) is 328 Å². The molecule has 0 saturated heterocycles. The van der Waals surface area contributed by atoms with Crippen LogP contribution in [-0.2, 0) is 28.6 Å². The second kappa shape index (κ2) is 65.4. The van der Waals surface area contributed by atoms with E-state index in [4.69, 9.17) is 14.2 Å². The number of carbonyl (C=O) groups is 3. The fourth-order valence-corrected chi connectivity index (χ4v) is 10.5. The summed E-state index contributed by atoms with van der Waals surface area (Å²) in [6.45, 7) is 6.67. The number of ether oxygens (including phenoxy) is 3. The van der Waals surface area contributed by atoms with Crippen molar-refractivity contribution in [1.82, 2.24) is 0 Å². The Morgan fingerprint density at radius 2 is 0.447 bits per heavy atom. The summed E-state index contributed by atoms with van der Waals surface area (Å²) in [5, 5.41) is 0. The first-order valence-corrected chi connectivity index (χ1v) is 34.3. The van der Waals surface area contributed by atoms with E-state index in [9.17, 15) is 14.4 Å². The third-order valence-corrected chi connectivity index (χ3v) is 15.7. The van der Waals surface area contributed by atoms with E-state index < -0.39 is 6.10 Å². The van der Waals surface area contributed by atoms with Crippen LogP contribution in [0.3, 0.4) is 0 Å². The summed E-state index contributed by atoms with van der Waals surface area (Å²) in [7, 11) is 0. The summed E-state index contributed by atoms with van der Waals surface area (Å²) < 4.78 is 16.9. The highest BCUT2D eigenvalue weighted by Gasteiger charge is 2.19. The van der Waals surface area contributed by atoms with E-state index in [2.05, 4.69) is 45.1 Å². The van der Waals surface area contributed by atoms with Crippen LogP contribution in [0.4, 0.5) is 0 Å². The van der Waals surface area contributed by atoms with Crippen LogP contribution < -0.4 is 0 Å². The van der Waals surface area contributed by atoms with Gasteiger partial charge in [-0.15, -0.1) is 0 Å². The average Bonchev–Trinajstić information content (AvgIpc) is 3.42. The predicted molar refractivity (Wildman–Crippen MR) is 330 cm³/mol. The van der Waals surface area contributed by atoms with Crippen LogP contribution in [0.1, 0.15) is 387 Å². The molecule has 0 rings (SSSR count). The van der Waals surface area contributed by atoms with E-state index >= 15 is 0 Å². The van der Waals surface area contributed by atoms with Gasteiger partial charge in [0.15, 0.2) is 6.10 Å². The van der Waals surface area contributed by atoms with Crippen LogP contribution >= 0.6 is 0 Å². The van der Waals surface area contributed by atoms with E-state index in [-0.39, 0.29) is 31.1 Å². The molecule has 448 valence electrons. The quantitative estimate of drug-likeness (QED) is 0.0261. The number of rotatable bonds is 64. The zero-order valence-corrected chi connectivity index (χ0v) is 51.6. The Kier molecular flexibility index (Phi) is 63.6. The average molecular weight is 1070 g/mol. The Labute approximate surface area is 474 Å². The molecule has 0 aromatic rings. The smallest absolute Gasteiger partial charge is 0.306 e. The Balaban J connectivity index is 4.18. The number of hydrogen-bond acceptors (Lipinski definition) is 6. The van der Waals surface area contributed by atoms with Crippen LogP contribution in [-0.4, -0.2) is 37.2 Å². The molecule has 0 amide bonds. The van der Waals surface area contributed by atoms with Crippen molar-refractivity contribution in [1.29, 1.82) is 0 Å². The normalized spacial score (nSPS) is 12.1. The van der Waals surface area contributed by atoms with Gasteiger partial charge in [0.05, 0.1) is 0 Å². The highest BCUT2D eigenvalue weighted by atomic mass is 16.6. The summed E-state index contributed by atoms with van der Waals surface area (Å²) in [6.07, 6.45) is 79.3. The van der Waals surface area contributed by atoms with E-state index in [1.165, 1.54) is 283 Å². The lowest BCUT2D eigenvalue weighted by Crippen LogP contribution is -2.30. The molecule has 0 radical (unpaired) electrons. The van der Waals surface area contributed by atoms with Crippen LogP contribution in [0.2, 0.25) is 0 Å². The van der Waals surface area contributed by atoms with Crippen molar-refractivity contribution in [2.45, 2.75) is 393 Å². The lowest BCUT2D eigenvalue weighted by atomic mass is 10.0. The summed E-state index contributed by atoms with van der Waals surface area (Å²) in [5.74, 6) is -0.852. The van der Waals surface area contributed by atoms with Gasteiger partial charge in [0.2, 0.25) is 0 Å². The Morgan fingerprint density at radius 1 is 0.250 bits per heavy atom. The first-order valence-electron chi connectivity index (χ1n) is 34.3. The first-order chi connectivity index (χ1) is 37.5. The molecule has 0 aromatic carbocycles. The maximum Gasteiger partial charge on any atom is 0.306 e. The zero-order valence-electron chi connectivity index (χ0n) is 51.6. The molecular weight excluding hydrogens is 937 g/mol. The highest BCUT2D eigenvalue weighted by Crippen LogP contribution is 2.18. The maximum atomic E-state index is 12.9. The molecule has 0 aliphatic heterocycles. The maximum absolute atomic E-state index is 12.9. The van der Waals surface area contributed by atoms with Crippen LogP contribution in [0.25, 0.3) is 0 Å². The molecule has 0 aromatic heterocycles. The fourth-order valence-electron chi connectivity index (χ4n) is 10.5. The molecular formula is C70H132O6. The van der Waals surface area contributed by atoms with Gasteiger partial charge in [0.1, 0.15) is 13.2 Å². The Bertz CT molecular complexity index is 1230. The second-order valence-electron chi connectivity index (χ2n) is 23.4. The standard InChI is InChI=1S/C70H132O6/c1-4-7-10-13-16-19-22-24-26-28-30-32-34-36-37-39-41-43-45-48-51-54-57-60-63-69(72)75-66-67(65-74-68(71)62-59-56-53-50-47-21-18-15-12-9-6-3)76-70(73)64-61-58-55-52-49-46-44-42-40-38-35-33-31-29-27-25-23-20-17-14-11-8-5-2/h15,18,29,31,67H,4-14,16-17,19-28,30,32-66H2,1-3H3/b18-15-,31-29-. The third kappa shape index (κ3) is 62.7. The molecule has 0 fully saturated rings. The molecule has 0 bridgehead atoms. The van der Waals surface area contributed by atoms with Gasteiger partial charge < -0.3 is 14.2 Å². The Morgan fingerprint density at radius 3 is 0.697 bits per heavy atom. The molecule has 1 unspecified atom stereocenters. The monoisotopic (exact) mass is 1070 g/mol. The van der Waals surface area contributed by atoms with Crippen LogP contribution in [0.15, 0.2) is 24.3 Å². The van der Waals surface area contributed by atoms with E-state index in [0.717, 1.165) is 64.2 Å². The number of esters is 3. The topological polar surface area (TPSA) is 78.9 Å². The van der Waals surface area contributed by atoms with Crippen LogP contribution in [0.5, 0.6) is 0 Å². The molecule has 6 nitrogen and oxygen atoms in total. The van der Waals surface area contributed by atoms with Gasteiger partial charge in [-0.25, -0.2) is 0 Å². The number of unbranched alkanes of at least 4 members (excludes halogenated alkanes) is 49. The number of hydrogen-bond donors (Lipinski definition) is 0. The van der Waals surface area contributed by atoms with E-state index in [1.807, 2.05) is 0 Å².